The van der Waals surface area contributed by atoms with Crippen molar-refractivity contribution in [1.29, 1.82) is 0 Å². The van der Waals surface area contributed by atoms with Gasteiger partial charge in [0.25, 0.3) is 0 Å². The first kappa shape index (κ1) is 18.2. The lowest BCUT2D eigenvalue weighted by Gasteiger charge is -2.32. The number of carbonyl (C=O) groups is 1. The predicted molar refractivity (Wildman–Crippen MR) is 100 cm³/mol. The van der Waals surface area contributed by atoms with Crippen LogP contribution in [0.5, 0.6) is 0 Å². The Kier molecular flexibility index (Phi) is 4.16. The van der Waals surface area contributed by atoms with E-state index in [1.54, 1.807) is 17.1 Å². The van der Waals surface area contributed by atoms with E-state index in [1.807, 2.05) is 39.8 Å². The number of carbonyl (C=O) groups excluding carboxylic acids is 1. The molecule has 2 aromatic rings. The van der Waals surface area contributed by atoms with Gasteiger partial charge in [-0.1, -0.05) is 6.07 Å². The molecule has 0 unspecified atom stereocenters. The van der Waals surface area contributed by atoms with Crippen LogP contribution in [0.1, 0.15) is 62.5 Å². The van der Waals surface area contributed by atoms with E-state index in [-0.39, 0.29) is 5.97 Å². The fraction of sp³-hybridized carbons (Fsp3) is 0.526. The minimum Gasteiger partial charge on any atom is -0.465 e. The maximum absolute atomic E-state index is 12.0. The summed E-state index contributed by atoms with van der Waals surface area (Å²) in [4.78, 5) is 16.6. The van der Waals surface area contributed by atoms with Crippen LogP contribution >= 0.6 is 0 Å². The molecule has 1 saturated heterocycles. The number of rotatable bonds is 4. The first-order valence-electron chi connectivity index (χ1n) is 9.22. The second-order valence-electron chi connectivity index (χ2n) is 8.16. The number of aromatic nitrogens is 3. The van der Waals surface area contributed by atoms with Crippen LogP contribution in [0, 0.1) is 0 Å². The van der Waals surface area contributed by atoms with Crippen molar-refractivity contribution < 1.29 is 18.8 Å². The van der Waals surface area contributed by atoms with Crippen LogP contribution in [0.3, 0.4) is 0 Å². The number of nitrogens with zero attached hydrogens (tertiary/aromatic N) is 3. The van der Waals surface area contributed by atoms with Gasteiger partial charge in [-0.2, -0.15) is 5.10 Å². The average molecular weight is 369 g/mol. The second-order valence-corrected chi connectivity index (χ2v) is 8.16. The molecule has 8 heteroatoms. The van der Waals surface area contributed by atoms with E-state index in [4.69, 9.17) is 14.0 Å². The summed E-state index contributed by atoms with van der Waals surface area (Å²) in [7, 11) is 0.927. The Balaban J connectivity index is 1.63. The van der Waals surface area contributed by atoms with Gasteiger partial charge in [-0.15, -0.1) is 0 Å². The molecular formula is C19H24BN3O4. The molecule has 7 nitrogen and oxygen atoms in total. The molecule has 1 aliphatic carbocycles. The van der Waals surface area contributed by atoms with Crippen molar-refractivity contribution in [1.82, 2.24) is 14.8 Å². The summed E-state index contributed by atoms with van der Waals surface area (Å²) in [5.74, 6) is 0.621. The maximum Gasteiger partial charge on any atom is 0.496 e. The van der Waals surface area contributed by atoms with Crippen molar-refractivity contribution in [2.45, 2.75) is 57.7 Å². The Labute approximate surface area is 159 Å². The minimum absolute atomic E-state index is 0.325. The Morgan fingerprint density at radius 1 is 1.19 bits per heavy atom. The molecule has 0 bridgehead atoms. The van der Waals surface area contributed by atoms with Crippen molar-refractivity contribution in [3.8, 4) is 5.82 Å². The summed E-state index contributed by atoms with van der Waals surface area (Å²) in [5, 5.41) is 4.38. The van der Waals surface area contributed by atoms with E-state index in [2.05, 4.69) is 10.1 Å². The molecule has 0 radical (unpaired) electrons. The SMILES string of the molecule is COC(=O)c1cnn(-c2ccc(B3OC(C)(C)C(C)(C)O3)cn2)c1C1CC1. The van der Waals surface area contributed by atoms with Crippen LogP contribution in [0.15, 0.2) is 24.5 Å². The lowest BCUT2D eigenvalue weighted by atomic mass is 9.80. The van der Waals surface area contributed by atoms with Gasteiger partial charge in [-0.3, -0.25) is 0 Å². The Morgan fingerprint density at radius 2 is 1.85 bits per heavy atom. The van der Waals surface area contributed by atoms with Crippen LogP contribution < -0.4 is 5.46 Å². The van der Waals surface area contributed by atoms with Crippen molar-refractivity contribution in [2.75, 3.05) is 7.11 Å². The molecule has 2 fully saturated rings. The molecule has 4 rings (SSSR count). The zero-order chi connectivity index (χ0) is 19.4. The van der Waals surface area contributed by atoms with Gasteiger partial charge in [0, 0.05) is 17.6 Å². The third-order valence-corrected chi connectivity index (χ3v) is 5.69. The normalized spacial score (nSPS) is 20.7. The van der Waals surface area contributed by atoms with E-state index in [0.29, 0.717) is 17.3 Å². The molecule has 1 saturated carbocycles. The summed E-state index contributed by atoms with van der Waals surface area (Å²) in [6.45, 7) is 8.09. The van der Waals surface area contributed by atoms with Gasteiger partial charge >= 0.3 is 13.1 Å². The fourth-order valence-corrected chi connectivity index (χ4v) is 3.20. The molecule has 0 aromatic carbocycles. The van der Waals surface area contributed by atoms with E-state index < -0.39 is 18.3 Å². The van der Waals surface area contributed by atoms with Gasteiger partial charge in [-0.05, 0) is 46.6 Å². The number of hydrogen-bond donors (Lipinski definition) is 0. The zero-order valence-corrected chi connectivity index (χ0v) is 16.4. The highest BCUT2D eigenvalue weighted by atomic mass is 16.7. The Hall–Kier alpha value is -2.19. The highest BCUT2D eigenvalue weighted by molar-refractivity contribution is 6.62. The third-order valence-electron chi connectivity index (χ3n) is 5.69. The van der Waals surface area contributed by atoms with E-state index in [1.165, 1.54) is 7.11 Å². The van der Waals surface area contributed by atoms with Crippen molar-refractivity contribution >= 4 is 18.6 Å². The standard InChI is InChI=1S/C19H24BN3O4/c1-18(2)19(3,4)27-20(26-18)13-8-9-15(21-10-13)23-16(12-6-7-12)14(11-22-23)17(24)25-5/h8-12H,6-7H2,1-5H3. The van der Waals surface area contributed by atoms with E-state index in [0.717, 1.165) is 24.0 Å². The highest BCUT2D eigenvalue weighted by Gasteiger charge is 2.51. The molecule has 2 aromatic heterocycles. The first-order chi connectivity index (χ1) is 12.7. The number of methoxy groups -OCH3 is 1. The number of esters is 1. The van der Waals surface area contributed by atoms with Crippen molar-refractivity contribution in [3.05, 3.63) is 35.8 Å². The largest absolute Gasteiger partial charge is 0.496 e. The average Bonchev–Trinajstić information content (AvgIpc) is 3.32. The zero-order valence-electron chi connectivity index (χ0n) is 16.4. The molecule has 0 spiro atoms. The molecule has 0 N–H and O–H groups in total. The quantitative estimate of drug-likeness (QED) is 0.608. The third kappa shape index (κ3) is 3.06. The van der Waals surface area contributed by atoms with Crippen LogP contribution in [-0.2, 0) is 14.0 Å². The summed E-state index contributed by atoms with van der Waals surface area (Å²) in [6, 6.07) is 3.81. The summed E-state index contributed by atoms with van der Waals surface area (Å²) in [6.07, 6.45) is 5.39. The molecule has 3 heterocycles. The first-order valence-corrected chi connectivity index (χ1v) is 9.22. The topological polar surface area (TPSA) is 75.5 Å². The molecule has 0 atom stereocenters. The Morgan fingerprint density at radius 3 is 2.37 bits per heavy atom. The summed E-state index contributed by atoms with van der Waals surface area (Å²) >= 11 is 0. The van der Waals surface area contributed by atoms with Gasteiger partial charge in [0.1, 0.15) is 5.56 Å². The van der Waals surface area contributed by atoms with Gasteiger partial charge < -0.3 is 14.0 Å². The molecule has 27 heavy (non-hydrogen) atoms. The smallest absolute Gasteiger partial charge is 0.465 e. The van der Waals surface area contributed by atoms with Crippen LogP contribution in [-0.4, -0.2) is 46.2 Å². The minimum atomic E-state index is -0.456. The van der Waals surface area contributed by atoms with E-state index in [9.17, 15) is 4.79 Å². The van der Waals surface area contributed by atoms with Crippen molar-refractivity contribution in [2.24, 2.45) is 0 Å². The monoisotopic (exact) mass is 369 g/mol. The Bertz CT molecular complexity index is 856. The van der Waals surface area contributed by atoms with Gasteiger partial charge in [0.2, 0.25) is 0 Å². The van der Waals surface area contributed by atoms with Crippen LogP contribution in [0.4, 0.5) is 0 Å². The maximum atomic E-state index is 12.0. The molecular weight excluding hydrogens is 345 g/mol. The lowest BCUT2D eigenvalue weighted by molar-refractivity contribution is 0.00578. The summed E-state index contributed by atoms with van der Waals surface area (Å²) < 4.78 is 18.8. The van der Waals surface area contributed by atoms with Crippen LogP contribution in [0.2, 0.25) is 0 Å². The second kappa shape index (κ2) is 6.17. The van der Waals surface area contributed by atoms with E-state index >= 15 is 0 Å². The number of hydrogen-bond acceptors (Lipinski definition) is 6. The lowest BCUT2D eigenvalue weighted by Crippen LogP contribution is -2.41. The number of pyridine rings is 1. The number of ether oxygens (including phenoxy) is 1. The van der Waals surface area contributed by atoms with Gasteiger partial charge in [0.05, 0.1) is 30.2 Å². The molecule has 0 amide bonds. The summed E-state index contributed by atoms with van der Waals surface area (Å²) in [5.41, 5.74) is 1.44. The van der Waals surface area contributed by atoms with Crippen LogP contribution in [0.25, 0.3) is 5.82 Å². The highest BCUT2D eigenvalue weighted by Crippen LogP contribution is 2.42. The van der Waals surface area contributed by atoms with Gasteiger partial charge in [-0.25, -0.2) is 14.5 Å². The fourth-order valence-electron chi connectivity index (χ4n) is 3.20. The van der Waals surface area contributed by atoms with Crippen molar-refractivity contribution in [3.63, 3.8) is 0 Å². The molecule has 1 aliphatic heterocycles. The molecule has 142 valence electrons. The van der Waals surface area contributed by atoms with Gasteiger partial charge in [0.15, 0.2) is 5.82 Å². The molecule has 2 aliphatic rings. The predicted octanol–water partition coefficient (Wildman–Crippen LogP) is 2.23.